The summed E-state index contributed by atoms with van der Waals surface area (Å²) in [5.74, 6) is 0.909. The highest BCUT2D eigenvalue weighted by atomic mass is 32.2. The SMILES string of the molecule is Cc1ccc(S(=O)(=O)n2c(C)c(SCCN(C)C)c3ccccc32)cc1. The van der Waals surface area contributed by atoms with Gasteiger partial charge < -0.3 is 4.90 Å². The molecule has 4 nitrogen and oxygen atoms in total. The molecule has 0 spiro atoms. The predicted octanol–water partition coefficient (Wildman–Crippen LogP) is 4.15. The van der Waals surface area contributed by atoms with Crippen LogP contribution in [0.5, 0.6) is 0 Å². The van der Waals surface area contributed by atoms with Crippen LogP contribution < -0.4 is 0 Å². The summed E-state index contributed by atoms with van der Waals surface area (Å²) in [4.78, 5) is 3.49. The molecule has 1 heterocycles. The van der Waals surface area contributed by atoms with Crippen molar-refractivity contribution in [2.24, 2.45) is 0 Å². The lowest BCUT2D eigenvalue weighted by atomic mass is 10.2. The Bertz CT molecular complexity index is 1020. The molecule has 0 radical (unpaired) electrons. The van der Waals surface area contributed by atoms with Gasteiger partial charge in [0, 0.05) is 28.3 Å². The summed E-state index contributed by atoms with van der Waals surface area (Å²) in [6, 6.07) is 14.8. The van der Waals surface area contributed by atoms with E-state index in [0.29, 0.717) is 4.90 Å². The first-order chi connectivity index (χ1) is 12.3. The minimum absolute atomic E-state index is 0.316. The Kier molecular flexibility index (Phi) is 5.46. The van der Waals surface area contributed by atoms with Crippen molar-refractivity contribution in [3.8, 4) is 0 Å². The first-order valence-electron chi connectivity index (χ1n) is 8.52. The average Bonchev–Trinajstić information content (AvgIpc) is 2.87. The topological polar surface area (TPSA) is 42.3 Å². The summed E-state index contributed by atoms with van der Waals surface area (Å²) in [5, 5.41) is 0.990. The molecule has 0 saturated heterocycles. The van der Waals surface area contributed by atoms with Crippen molar-refractivity contribution in [3.05, 3.63) is 59.8 Å². The lowest BCUT2D eigenvalue weighted by molar-refractivity contribution is 0.437. The molecule has 0 unspecified atom stereocenters. The van der Waals surface area contributed by atoms with E-state index in [1.807, 2.05) is 64.3 Å². The smallest absolute Gasteiger partial charge is 0.268 e. The van der Waals surface area contributed by atoms with Gasteiger partial charge in [-0.15, -0.1) is 11.8 Å². The highest BCUT2D eigenvalue weighted by molar-refractivity contribution is 7.99. The molecule has 0 saturated carbocycles. The molecular weight excluding hydrogens is 364 g/mol. The fourth-order valence-corrected chi connectivity index (χ4v) is 5.86. The Hall–Kier alpha value is -1.76. The predicted molar refractivity (Wildman–Crippen MR) is 110 cm³/mol. The van der Waals surface area contributed by atoms with Gasteiger partial charge in [-0.3, -0.25) is 0 Å². The van der Waals surface area contributed by atoms with Crippen molar-refractivity contribution in [3.63, 3.8) is 0 Å². The summed E-state index contributed by atoms with van der Waals surface area (Å²) >= 11 is 1.71. The second kappa shape index (κ2) is 7.47. The molecule has 3 rings (SSSR count). The molecule has 0 bridgehead atoms. The molecule has 26 heavy (non-hydrogen) atoms. The Morgan fingerprint density at radius 3 is 2.31 bits per heavy atom. The molecule has 0 fully saturated rings. The highest BCUT2D eigenvalue weighted by Gasteiger charge is 2.24. The van der Waals surface area contributed by atoms with Crippen LogP contribution in [0.3, 0.4) is 0 Å². The van der Waals surface area contributed by atoms with E-state index in [1.165, 1.54) is 3.97 Å². The molecule has 3 aromatic rings. The van der Waals surface area contributed by atoms with E-state index < -0.39 is 10.0 Å². The van der Waals surface area contributed by atoms with Gasteiger partial charge in [0.15, 0.2) is 0 Å². The summed E-state index contributed by atoms with van der Waals surface area (Å²) in [5.41, 5.74) is 2.55. The lowest BCUT2D eigenvalue weighted by Crippen LogP contribution is -2.15. The monoisotopic (exact) mass is 388 g/mol. The maximum atomic E-state index is 13.3. The number of aromatic nitrogens is 1. The number of para-hydroxylation sites is 1. The van der Waals surface area contributed by atoms with Crippen LogP contribution in [0.15, 0.2) is 58.3 Å². The standard InChI is InChI=1S/C20H24N2O2S2/c1-15-9-11-17(12-10-15)26(23,24)22-16(2)20(25-14-13-21(3)4)18-7-5-6-8-19(18)22/h5-12H,13-14H2,1-4H3. The maximum Gasteiger partial charge on any atom is 0.268 e. The molecule has 0 amide bonds. The highest BCUT2D eigenvalue weighted by Crippen LogP contribution is 2.36. The van der Waals surface area contributed by atoms with Crippen LogP contribution in [-0.4, -0.2) is 43.7 Å². The molecular formula is C20H24N2O2S2. The maximum absolute atomic E-state index is 13.3. The molecule has 1 aromatic heterocycles. The van der Waals surface area contributed by atoms with E-state index in [9.17, 15) is 8.42 Å². The molecule has 138 valence electrons. The van der Waals surface area contributed by atoms with Gasteiger partial charge in [-0.25, -0.2) is 12.4 Å². The van der Waals surface area contributed by atoms with Gasteiger partial charge in [-0.2, -0.15) is 0 Å². The quantitative estimate of drug-likeness (QED) is 0.595. The Balaban J connectivity index is 2.14. The summed E-state index contributed by atoms with van der Waals surface area (Å²) < 4.78 is 28.1. The number of fused-ring (bicyclic) bond motifs is 1. The largest absolute Gasteiger partial charge is 0.309 e. The van der Waals surface area contributed by atoms with E-state index >= 15 is 0 Å². The van der Waals surface area contributed by atoms with E-state index in [-0.39, 0.29) is 0 Å². The van der Waals surface area contributed by atoms with Gasteiger partial charge in [-0.05, 0) is 46.1 Å². The third-order valence-electron chi connectivity index (χ3n) is 4.34. The molecule has 0 N–H and O–H groups in total. The minimum Gasteiger partial charge on any atom is -0.309 e. The average molecular weight is 389 g/mol. The number of rotatable bonds is 6. The van der Waals surface area contributed by atoms with Crippen molar-refractivity contribution in [1.82, 2.24) is 8.87 Å². The number of aryl methyl sites for hydroxylation is 1. The van der Waals surface area contributed by atoms with Crippen LogP contribution in [0.25, 0.3) is 10.9 Å². The van der Waals surface area contributed by atoms with Crippen molar-refractivity contribution >= 4 is 32.7 Å². The van der Waals surface area contributed by atoms with E-state index in [0.717, 1.165) is 39.4 Å². The van der Waals surface area contributed by atoms with Crippen molar-refractivity contribution < 1.29 is 8.42 Å². The molecule has 0 aliphatic heterocycles. The van der Waals surface area contributed by atoms with Gasteiger partial charge in [0.1, 0.15) is 0 Å². The molecule has 2 aromatic carbocycles. The summed E-state index contributed by atoms with van der Waals surface area (Å²) in [6.45, 7) is 4.78. The Morgan fingerprint density at radius 1 is 1.00 bits per heavy atom. The normalized spacial score (nSPS) is 12.2. The summed E-state index contributed by atoms with van der Waals surface area (Å²) in [7, 11) is 0.440. The number of hydrogen-bond acceptors (Lipinski definition) is 4. The number of thioether (sulfide) groups is 1. The van der Waals surface area contributed by atoms with Crippen molar-refractivity contribution in [2.45, 2.75) is 23.6 Å². The van der Waals surface area contributed by atoms with Gasteiger partial charge in [0.25, 0.3) is 10.0 Å². The Morgan fingerprint density at radius 2 is 1.65 bits per heavy atom. The van der Waals surface area contributed by atoms with Crippen LogP contribution in [0.2, 0.25) is 0 Å². The zero-order chi connectivity index (χ0) is 18.9. The Labute approximate surface area is 159 Å². The third-order valence-corrected chi connectivity index (χ3v) is 7.35. The van der Waals surface area contributed by atoms with Crippen LogP contribution in [0.1, 0.15) is 11.3 Å². The van der Waals surface area contributed by atoms with Gasteiger partial charge in [-0.1, -0.05) is 35.9 Å². The molecule has 6 heteroatoms. The third kappa shape index (κ3) is 3.54. The second-order valence-electron chi connectivity index (χ2n) is 6.67. The number of benzene rings is 2. The van der Waals surface area contributed by atoms with Gasteiger partial charge >= 0.3 is 0 Å². The first kappa shape index (κ1) is 19.0. The fourth-order valence-electron chi connectivity index (χ4n) is 2.95. The zero-order valence-corrected chi connectivity index (χ0v) is 17.2. The van der Waals surface area contributed by atoms with Crippen LogP contribution in [0.4, 0.5) is 0 Å². The number of nitrogens with zero attached hydrogens (tertiary/aromatic N) is 2. The molecule has 0 aliphatic carbocycles. The van der Waals surface area contributed by atoms with Crippen LogP contribution in [-0.2, 0) is 10.0 Å². The lowest BCUT2D eigenvalue weighted by Gasteiger charge is -2.11. The van der Waals surface area contributed by atoms with Crippen molar-refractivity contribution in [1.29, 1.82) is 0 Å². The van der Waals surface area contributed by atoms with E-state index in [2.05, 4.69) is 4.90 Å². The fraction of sp³-hybridized carbons (Fsp3) is 0.300. The van der Waals surface area contributed by atoms with Crippen molar-refractivity contribution in [2.75, 3.05) is 26.4 Å². The summed E-state index contributed by atoms with van der Waals surface area (Å²) in [6.07, 6.45) is 0. The first-order valence-corrected chi connectivity index (χ1v) is 10.9. The van der Waals surface area contributed by atoms with Gasteiger partial charge in [0.05, 0.1) is 10.4 Å². The second-order valence-corrected chi connectivity index (χ2v) is 9.56. The molecule has 0 atom stereocenters. The van der Waals surface area contributed by atoms with E-state index in [1.54, 1.807) is 23.9 Å². The number of hydrogen-bond donors (Lipinski definition) is 0. The zero-order valence-electron chi connectivity index (χ0n) is 15.6. The minimum atomic E-state index is -3.64. The van der Waals surface area contributed by atoms with Crippen LogP contribution in [0, 0.1) is 13.8 Å². The van der Waals surface area contributed by atoms with Crippen LogP contribution >= 0.6 is 11.8 Å². The van der Waals surface area contributed by atoms with Gasteiger partial charge in [0.2, 0.25) is 0 Å². The van der Waals surface area contributed by atoms with E-state index in [4.69, 9.17) is 0 Å². The molecule has 0 aliphatic rings.